The molecule has 8 heteroatoms. The zero-order valence-corrected chi connectivity index (χ0v) is 16.6. The molecule has 2 N–H and O–H groups in total. The zero-order valence-electron chi connectivity index (χ0n) is 15.8. The van der Waals surface area contributed by atoms with Crippen LogP contribution >= 0.6 is 11.8 Å². The Kier molecular flexibility index (Phi) is 5.88. The number of thioether (sulfide) groups is 1. The molecule has 1 heterocycles. The van der Waals surface area contributed by atoms with Crippen molar-refractivity contribution in [1.82, 2.24) is 10.7 Å². The fourth-order valence-electron chi connectivity index (χ4n) is 2.82. The van der Waals surface area contributed by atoms with Crippen molar-refractivity contribution in [3.8, 4) is 5.75 Å². The highest BCUT2D eigenvalue weighted by atomic mass is 32.2. The van der Waals surface area contributed by atoms with E-state index < -0.39 is 11.0 Å². The maximum Gasteiger partial charge on any atom is 0.334 e. The summed E-state index contributed by atoms with van der Waals surface area (Å²) in [6, 6.07) is 10.2. The predicted octanol–water partition coefficient (Wildman–Crippen LogP) is 3.99. The molecule has 0 radical (unpaired) electrons. The van der Waals surface area contributed by atoms with Crippen LogP contribution in [0.1, 0.15) is 31.9 Å². The largest absolute Gasteiger partial charge is 0.440 e. The molecule has 1 amide bonds. The molecule has 0 bridgehead atoms. The van der Waals surface area contributed by atoms with Gasteiger partial charge in [-0.2, -0.15) is 5.10 Å². The van der Waals surface area contributed by atoms with Gasteiger partial charge in [0.2, 0.25) is 5.91 Å². The van der Waals surface area contributed by atoms with Gasteiger partial charge in [-0.15, -0.1) is 0 Å². The third-order valence-corrected chi connectivity index (χ3v) is 4.99. The van der Waals surface area contributed by atoms with Crippen molar-refractivity contribution < 1.29 is 18.3 Å². The number of carbonyl (C=O) groups excluding carboxylic acids is 1. The Morgan fingerprint density at radius 3 is 2.61 bits per heavy atom. The molecular weight excluding hydrogens is 384 g/mol. The number of nitrogens with zero attached hydrogens (tertiary/aromatic N) is 1. The lowest BCUT2D eigenvalue weighted by molar-refractivity contribution is -0.122. The number of benzene rings is 2. The number of rotatable bonds is 6. The molecule has 1 unspecified atom stereocenters. The Balaban J connectivity index is 1.90. The van der Waals surface area contributed by atoms with Gasteiger partial charge < -0.3 is 4.74 Å². The molecule has 5 nitrogen and oxygen atoms in total. The first-order valence-electron chi connectivity index (χ1n) is 8.83. The van der Waals surface area contributed by atoms with Gasteiger partial charge in [-0.3, -0.25) is 10.1 Å². The number of hydrazone groups is 1. The lowest BCUT2D eigenvalue weighted by atomic mass is 9.98. The van der Waals surface area contributed by atoms with E-state index in [2.05, 4.69) is 15.8 Å². The molecule has 0 fully saturated rings. The van der Waals surface area contributed by atoms with Gasteiger partial charge in [-0.25, -0.2) is 14.2 Å². The number of ether oxygens (including phenoxy) is 1. The molecule has 28 heavy (non-hydrogen) atoms. The maximum atomic E-state index is 14.4. The SMILES string of the molecule is CC(=O)NC1(Oc2ccc(F)cc2)NN=C(c2cccc(F)c2CC(C)C)S1. The van der Waals surface area contributed by atoms with E-state index >= 15 is 0 Å². The van der Waals surface area contributed by atoms with Crippen molar-refractivity contribution in [1.29, 1.82) is 0 Å². The predicted molar refractivity (Wildman–Crippen MR) is 106 cm³/mol. The highest BCUT2D eigenvalue weighted by Gasteiger charge is 2.42. The Morgan fingerprint density at radius 2 is 1.96 bits per heavy atom. The average molecular weight is 405 g/mol. The molecule has 2 aromatic rings. The Hall–Kier alpha value is -2.61. The molecule has 1 aliphatic heterocycles. The van der Waals surface area contributed by atoms with Gasteiger partial charge in [-0.05, 0) is 60.0 Å². The molecule has 0 spiro atoms. The quantitative estimate of drug-likeness (QED) is 0.714. The number of halogens is 2. The van der Waals surface area contributed by atoms with Gasteiger partial charge in [0.05, 0.1) is 0 Å². The molecule has 0 saturated carbocycles. The van der Waals surface area contributed by atoms with E-state index in [1.54, 1.807) is 12.1 Å². The molecule has 0 saturated heterocycles. The van der Waals surface area contributed by atoms with E-state index in [0.717, 1.165) is 11.8 Å². The van der Waals surface area contributed by atoms with Crippen LogP contribution < -0.4 is 15.5 Å². The summed E-state index contributed by atoms with van der Waals surface area (Å²) in [5, 5.41) is 6.04. The summed E-state index contributed by atoms with van der Waals surface area (Å²) < 4.78 is 33.5. The monoisotopic (exact) mass is 405 g/mol. The Morgan fingerprint density at radius 1 is 1.25 bits per heavy atom. The lowest BCUT2D eigenvalue weighted by Gasteiger charge is -2.28. The van der Waals surface area contributed by atoms with Crippen LogP contribution in [0.4, 0.5) is 8.78 Å². The van der Waals surface area contributed by atoms with Gasteiger partial charge in [0, 0.05) is 12.5 Å². The zero-order chi connectivity index (χ0) is 20.3. The molecule has 0 aliphatic carbocycles. The number of carbonyl (C=O) groups is 1. The van der Waals surface area contributed by atoms with Crippen LogP contribution in [0.5, 0.6) is 5.75 Å². The highest BCUT2D eigenvalue weighted by molar-refractivity contribution is 8.15. The van der Waals surface area contributed by atoms with Crippen molar-refractivity contribution >= 4 is 22.7 Å². The number of hydrogen-bond donors (Lipinski definition) is 2. The first-order chi connectivity index (χ1) is 13.3. The fourth-order valence-corrected chi connectivity index (χ4v) is 3.91. The van der Waals surface area contributed by atoms with Crippen LogP contribution in [0.3, 0.4) is 0 Å². The summed E-state index contributed by atoms with van der Waals surface area (Å²) in [5.41, 5.74) is 3.99. The maximum absolute atomic E-state index is 14.4. The standard InChI is InChI=1S/C20H21F2N3O2S/c1-12(2)11-17-16(5-4-6-18(17)22)19-24-25-20(28-19,23-13(3)26)27-15-9-7-14(21)8-10-15/h4-10,12,25H,11H2,1-3H3,(H,23,26). The number of amides is 1. The van der Waals surface area contributed by atoms with E-state index in [1.807, 2.05) is 13.8 Å². The third kappa shape index (κ3) is 4.62. The normalized spacial score (nSPS) is 18.6. The second-order valence-corrected chi connectivity index (χ2v) is 8.01. The van der Waals surface area contributed by atoms with Crippen molar-refractivity contribution in [3.05, 3.63) is 65.2 Å². The summed E-state index contributed by atoms with van der Waals surface area (Å²) in [4.78, 5) is 11.7. The Bertz CT molecular complexity index is 903. The van der Waals surface area contributed by atoms with Crippen LogP contribution in [-0.2, 0) is 11.2 Å². The smallest absolute Gasteiger partial charge is 0.334 e. The first kappa shape index (κ1) is 20.1. The summed E-state index contributed by atoms with van der Waals surface area (Å²) in [5.74, 6) is -0.450. The molecule has 1 atom stereocenters. The van der Waals surface area contributed by atoms with Crippen LogP contribution in [0, 0.1) is 17.6 Å². The average Bonchev–Trinajstić information content (AvgIpc) is 3.01. The fraction of sp³-hybridized carbons (Fsp3) is 0.300. The molecule has 1 aliphatic rings. The summed E-state index contributed by atoms with van der Waals surface area (Å²) in [6.07, 6.45) is 0.549. The second kappa shape index (κ2) is 8.18. The highest BCUT2D eigenvalue weighted by Crippen LogP contribution is 2.34. The van der Waals surface area contributed by atoms with E-state index in [9.17, 15) is 13.6 Å². The van der Waals surface area contributed by atoms with E-state index in [0.29, 0.717) is 28.3 Å². The molecule has 148 valence electrons. The van der Waals surface area contributed by atoms with Crippen molar-refractivity contribution in [3.63, 3.8) is 0 Å². The van der Waals surface area contributed by atoms with Crippen LogP contribution in [0.15, 0.2) is 47.6 Å². The molecular formula is C20H21F2N3O2S. The molecule has 0 aromatic heterocycles. The number of hydrogen-bond acceptors (Lipinski definition) is 5. The van der Waals surface area contributed by atoms with Crippen LogP contribution in [-0.4, -0.2) is 16.1 Å². The minimum atomic E-state index is -1.42. The Labute approximate surface area is 166 Å². The summed E-state index contributed by atoms with van der Waals surface area (Å²) in [6.45, 7) is 5.37. The van der Waals surface area contributed by atoms with E-state index in [1.165, 1.54) is 37.3 Å². The summed E-state index contributed by atoms with van der Waals surface area (Å²) in [7, 11) is 0. The second-order valence-electron chi connectivity index (χ2n) is 6.85. The van der Waals surface area contributed by atoms with Crippen LogP contribution in [0.25, 0.3) is 0 Å². The van der Waals surface area contributed by atoms with Gasteiger partial charge in [0.1, 0.15) is 22.4 Å². The number of nitrogens with one attached hydrogen (secondary N) is 2. The third-order valence-electron chi connectivity index (χ3n) is 3.92. The minimum Gasteiger partial charge on any atom is -0.440 e. The summed E-state index contributed by atoms with van der Waals surface area (Å²) >= 11 is 1.11. The van der Waals surface area contributed by atoms with Gasteiger partial charge in [0.15, 0.2) is 0 Å². The lowest BCUT2D eigenvalue weighted by Crippen LogP contribution is -2.56. The van der Waals surface area contributed by atoms with Crippen molar-refractivity contribution in [2.75, 3.05) is 0 Å². The van der Waals surface area contributed by atoms with E-state index in [-0.39, 0.29) is 17.6 Å². The van der Waals surface area contributed by atoms with Gasteiger partial charge >= 0.3 is 5.18 Å². The van der Waals surface area contributed by atoms with E-state index in [4.69, 9.17) is 4.74 Å². The van der Waals surface area contributed by atoms with Gasteiger partial charge in [-0.1, -0.05) is 26.0 Å². The topological polar surface area (TPSA) is 62.7 Å². The van der Waals surface area contributed by atoms with Crippen LogP contribution in [0.2, 0.25) is 0 Å². The van der Waals surface area contributed by atoms with Crippen molar-refractivity contribution in [2.24, 2.45) is 11.0 Å². The first-order valence-corrected chi connectivity index (χ1v) is 9.64. The molecule has 2 aromatic carbocycles. The van der Waals surface area contributed by atoms with Crippen molar-refractivity contribution in [2.45, 2.75) is 32.4 Å². The van der Waals surface area contributed by atoms with Gasteiger partial charge in [0.25, 0.3) is 0 Å². The molecule has 3 rings (SSSR count). The minimum absolute atomic E-state index is 0.256.